The fraction of sp³-hybridized carbons (Fsp3) is 0.412. The van der Waals surface area contributed by atoms with Crippen LogP contribution in [0.5, 0.6) is 11.5 Å². The summed E-state index contributed by atoms with van der Waals surface area (Å²) in [5.41, 5.74) is -0.0889. The van der Waals surface area contributed by atoms with Gasteiger partial charge in [-0.3, -0.25) is 9.59 Å². The van der Waals surface area contributed by atoms with Crippen LogP contribution in [0.4, 0.5) is 0 Å². The average Bonchev–Trinajstić information content (AvgIpc) is 2.80. The fourth-order valence-electron chi connectivity index (χ4n) is 2.89. The van der Waals surface area contributed by atoms with E-state index in [2.05, 4.69) is 6.58 Å². The Morgan fingerprint density at radius 2 is 2.09 bits per heavy atom. The molecule has 2 rings (SSSR count). The molecule has 0 aliphatic heterocycles. The Morgan fingerprint density at radius 3 is 2.64 bits per heavy atom. The zero-order chi connectivity index (χ0) is 16.3. The number of hydrogen-bond acceptors (Lipinski definition) is 5. The lowest BCUT2D eigenvalue weighted by Crippen LogP contribution is -2.38. The summed E-state index contributed by atoms with van der Waals surface area (Å²) >= 11 is 0. The molecule has 0 radical (unpaired) electrons. The van der Waals surface area contributed by atoms with E-state index in [0.29, 0.717) is 17.1 Å². The number of rotatable bonds is 6. The maximum absolute atomic E-state index is 12.9. The van der Waals surface area contributed by atoms with Crippen molar-refractivity contribution in [1.82, 2.24) is 0 Å². The van der Waals surface area contributed by atoms with Crippen LogP contribution in [-0.4, -0.2) is 32.6 Å². The zero-order valence-electron chi connectivity index (χ0n) is 13.1. The summed E-state index contributed by atoms with van der Waals surface area (Å²) < 4.78 is 15.7. The van der Waals surface area contributed by atoms with E-state index >= 15 is 0 Å². The van der Waals surface area contributed by atoms with Crippen LogP contribution in [0.2, 0.25) is 0 Å². The lowest BCUT2D eigenvalue weighted by atomic mass is 9.80. The van der Waals surface area contributed by atoms with Gasteiger partial charge < -0.3 is 14.2 Å². The molecule has 1 unspecified atom stereocenters. The molecule has 22 heavy (non-hydrogen) atoms. The lowest BCUT2D eigenvalue weighted by Gasteiger charge is -2.23. The molecule has 1 aromatic rings. The summed E-state index contributed by atoms with van der Waals surface area (Å²) in [5.74, 6) is 0.203. The number of methoxy groups -OCH3 is 2. The molecule has 5 nitrogen and oxygen atoms in total. The molecule has 0 fully saturated rings. The molecule has 0 bridgehead atoms. The third kappa shape index (κ3) is 2.36. The number of fused-ring (bicyclic) bond motifs is 1. The van der Waals surface area contributed by atoms with E-state index in [1.54, 1.807) is 32.2 Å². The van der Waals surface area contributed by atoms with Crippen molar-refractivity contribution in [3.63, 3.8) is 0 Å². The number of carbonyl (C=O) groups is 2. The van der Waals surface area contributed by atoms with Gasteiger partial charge in [-0.15, -0.1) is 6.58 Å². The van der Waals surface area contributed by atoms with Crippen LogP contribution in [0.25, 0.3) is 0 Å². The Morgan fingerprint density at radius 1 is 1.36 bits per heavy atom. The van der Waals surface area contributed by atoms with E-state index in [1.807, 2.05) is 0 Å². The molecule has 5 heteroatoms. The van der Waals surface area contributed by atoms with Crippen molar-refractivity contribution in [2.75, 3.05) is 20.8 Å². The largest absolute Gasteiger partial charge is 0.497 e. The van der Waals surface area contributed by atoms with Gasteiger partial charge >= 0.3 is 5.97 Å². The van der Waals surface area contributed by atoms with Gasteiger partial charge in [0.05, 0.1) is 26.4 Å². The lowest BCUT2D eigenvalue weighted by molar-refractivity contribution is -0.151. The number of allylic oxidation sites excluding steroid dienone is 1. The van der Waals surface area contributed by atoms with Crippen LogP contribution in [0.1, 0.15) is 29.3 Å². The van der Waals surface area contributed by atoms with Gasteiger partial charge in [-0.25, -0.2) is 0 Å². The van der Waals surface area contributed by atoms with E-state index < -0.39 is 11.4 Å². The van der Waals surface area contributed by atoms with Crippen molar-refractivity contribution in [1.29, 1.82) is 0 Å². The number of ketones is 1. The molecule has 0 N–H and O–H groups in total. The molecule has 0 saturated carbocycles. The summed E-state index contributed by atoms with van der Waals surface area (Å²) in [4.78, 5) is 25.4. The van der Waals surface area contributed by atoms with E-state index in [9.17, 15) is 9.59 Å². The second kappa shape index (κ2) is 6.22. The molecule has 0 saturated heterocycles. The van der Waals surface area contributed by atoms with Crippen LogP contribution in [-0.2, 0) is 16.0 Å². The van der Waals surface area contributed by atoms with Gasteiger partial charge in [0.2, 0.25) is 0 Å². The quantitative estimate of drug-likeness (QED) is 0.459. The maximum atomic E-state index is 12.9. The number of carbonyl (C=O) groups excluding carboxylic acids is 2. The second-order valence-electron chi connectivity index (χ2n) is 5.17. The summed E-state index contributed by atoms with van der Waals surface area (Å²) in [6, 6.07) is 3.41. The Labute approximate surface area is 129 Å². The first-order valence-electron chi connectivity index (χ1n) is 7.11. The normalized spacial score (nSPS) is 19.5. The summed E-state index contributed by atoms with van der Waals surface area (Å²) in [7, 11) is 3.03. The van der Waals surface area contributed by atoms with Crippen molar-refractivity contribution >= 4 is 11.8 Å². The summed E-state index contributed by atoms with van der Waals surface area (Å²) in [6.45, 7) is 5.61. The number of esters is 1. The Balaban J connectivity index is 2.57. The van der Waals surface area contributed by atoms with Crippen LogP contribution in [0.15, 0.2) is 24.8 Å². The Bertz CT molecular complexity index is 620. The molecule has 0 heterocycles. The maximum Gasteiger partial charge on any atom is 0.320 e. The van der Waals surface area contributed by atoms with Gasteiger partial charge in [0.1, 0.15) is 16.9 Å². The Kier molecular flexibility index (Phi) is 4.54. The van der Waals surface area contributed by atoms with E-state index in [4.69, 9.17) is 14.2 Å². The number of hydrogen-bond donors (Lipinski definition) is 0. The predicted molar refractivity (Wildman–Crippen MR) is 81.5 cm³/mol. The SMILES string of the molecule is C=CCC1(C(=O)OCC)Cc2cc(OC)cc(OC)c2C1=O. The van der Waals surface area contributed by atoms with Crippen molar-refractivity contribution in [2.45, 2.75) is 19.8 Å². The van der Waals surface area contributed by atoms with Crippen molar-refractivity contribution in [2.24, 2.45) is 5.41 Å². The highest BCUT2D eigenvalue weighted by molar-refractivity contribution is 6.17. The van der Waals surface area contributed by atoms with Gasteiger partial charge in [0, 0.05) is 6.07 Å². The van der Waals surface area contributed by atoms with Gasteiger partial charge in [-0.1, -0.05) is 6.08 Å². The monoisotopic (exact) mass is 304 g/mol. The Hall–Kier alpha value is -2.30. The molecule has 0 spiro atoms. The number of Topliss-reactive ketones (excluding diaryl/α,β-unsaturated/α-hetero) is 1. The van der Waals surface area contributed by atoms with Crippen molar-refractivity contribution in [3.05, 3.63) is 35.9 Å². The fourth-order valence-corrected chi connectivity index (χ4v) is 2.89. The number of ether oxygens (including phenoxy) is 3. The van der Waals surface area contributed by atoms with E-state index in [1.165, 1.54) is 7.11 Å². The molecule has 1 atom stereocenters. The van der Waals surface area contributed by atoms with Gasteiger partial charge in [-0.05, 0) is 31.4 Å². The predicted octanol–water partition coefficient (Wildman–Crippen LogP) is 2.57. The molecule has 0 aromatic heterocycles. The third-order valence-corrected chi connectivity index (χ3v) is 3.93. The second-order valence-corrected chi connectivity index (χ2v) is 5.17. The van der Waals surface area contributed by atoms with Crippen molar-refractivity contribution < 1.29 is 23.8 Å². The van der Waals surface area contributed by atoms with Gasteiger partial charge in [-0.2, -0.15) is 0 Å². The third-order valence-electron chi connectivity index (χ3n) is 3.93. The molecule has 1 aromatic carbocycles. The van der Waals surface area contributed by atoms with E-state index in [-0.39, 0.29) is 25.2 Å². The highest BCUT2D eigenvalue weighted by Gasteiger charge is 2.53. The molecular weight excluding hydrogens is 284 g/mol. The summed E-state index contributed by atoms with van der Waals surface area (Å²) in [5, 5.41) is 0. The van der Waals surface area contributed by atoms with Gasteiger partial charge in [0.25, 0.3) is 0 Å². The highest BCUT2D eigenvalue weighted by Crippen LogP contribution is 2.46. The smallest absolute Gasteiger partial charge is 0.320 e. The first kappa shape index (κ1) is 16.1. The minimum atomic E-state index is -1.25. The topological polar surface area (TPSA) is 61.8 Å². The number of benzene rings is 1. The van der Waals surface area contributed by atoms with E-state index in [0.717, 1.165) is 5.56 Å². The molecular formula is C17H20O5. The average molecular weight is 304 g/mol. The van der Waals surface area contributed by atoms with Crippen LogP contribution >= 0.6 is 0 Å². The molecule has 1 aliphatic rings. The minimum Gasteiger partial charge on any atom is -0.497 e. The van der Waals surface area contributed by atoms with Crippen molar-refractivity contribution in [3.8, 4) is 11.5 Å². The highest BCUT2D eigenvalue weighted by atomic mass is 16.5. The van der Waals surface area contributed by atoms with Crippen LogP contribution in [0, 0.1) is 5.41 Å². The first-order valence-corrected chi connectivity index (χ1v) is 7.11. The van der Waals surface area contributed by atoms with Gasteiger partial charge in [0.15, 0.2) is 5.78 Å². The standard InChI is InChI=1S/C17H20O5/c1-5-7-17(16(19)22-6-2)10-11-8-12(20-3)9-13(21-4)14(11)15(17)18/h5,8-9H,1,6-7,10H2,2-4H3. The molecule has 118 valence electrons. The van der Waals surface area contributed by atoms with Crippen LogP contribution < -0.4 is 9.47 Å². The molecule has 0 amide bonds. The zero-order valence-corrected chi connectivity index (χ0v) is 13.1. The first-order chi connectivity index (χ1) is 10.5. The summed E-state index contributed by atoms with van der Waals surface area (Å²) in [6.07, 6.45) is 2.06. The van der Waals surface area contributed by atoms with Crippen LogP contribution in [0.3, 0.4) is 0 Å². The molecule has 1 aliphatic carbocycles. The minimum absolute atomic E-state index is 0.224.